The van der Waals surface area contributed by atoms with Crippen LogP contribution in [0.2, 0.25) is 0 Å². The van der Waals surface area contributed by atoms with E-state index in [9.17, 15) is 4.79 Å². The third-order valence-corrected chi connectivity index (χ3v) is 1.70. The van der Waals surface area contributed by atoms with E-state index in [2.05, 4.69) is 15.2 Å². The third kappa shape index (κ3) is 1.96. The molecule has 2 heterocycles. The SMILES string of the molecule is CC.CC(=O)c1cnc2cn[nH]c2c1. The Morgan fingerprint density at radius 2 is 2.07 bits per heavy atom. The van der Waals surface area contributed by atoms with E-state index in [1.807, 2.05) is 13.8 Å². The number of aromatic amines is 1. The molecule has 1 N–H and O–H groups in total. The van der Waals surface area contributed by atoms with Crippen molar-refractivity contribution in [3.63, 3.8) is 0 Å². The molecule has 0 saturated carbocycles. The van der Waals surface area contributed by atoms with Crippen LogP contribution in [0.1, 0.15) is 31.1 Å². The van der Waals surface area contributed by atoms with Crippen LogP contribution in [-0.4, -0.2) is 21.0 Å². The lowest BCUT2D eigenvalue weighted by molar-refractivity contribution is 0.101. The summed E-state index contributed by atoms with van der Waals surface area (Å²) in [5, 5.41) is 6.55. The molecule has 0 radical (unpaired) electrons. The van der Waals surface area contributed by atoms with Crippen LogP contribution in [0.25, 0.3) is 11.0 Å². The largest absolute Gasteiger partial charge is 0.294 e. The highest BCUT2D eigenvalue weighted by Crippen LogP contribution is 2.09. The molecule has 2 aromatic heterocycles. The van der Waals surface area contributed by atoms with E-state index in [4.69, 9.17) is 0 Å². The van der Waals surface area contributed by atoms with Gasteiger partial charge in [-0.3, -0.25) is 14.9 Å². The number of aromatic nitrogens is 3. The molecule has 0 bridgehead atoms. The van der Waals surface area contributed by atoms with Crippen LogP contribution in [0.5, 0.6) is 0 Å². The molecule has 0 amide bonds. The maximum atomic E-state index is 10.9. The summed E-state index contributed by atoms with van der Waals surface area (Å²) in [5.74, 6) is 0.0130. The van der Waals surface area contributed by atoms with Crippen molar-refractivity contribution in [1.29, 1.82) is 0 Å². The second kappa shape index (κ2) is 4.50. The van der Waals surface area contributed by atoms with Gasteiger partial charge in [0.15, 0.2) is 5.78 Å². The molecule has 2 rings (SSSR count). The standard InChI is InChI=1S/C8H7N3O.C2H6/c1-5(12)6-2-7-8(9-3-6)4-10-11-7;1-2/h2-4H,1H3,(H,10,11);1-2H3. The van der Waals surface area contributed by atoms with E-state index in [1.165, 1.54) is 6.92 Å². The van der Waals surface area contributed by atoms with E-state index >= 15 is 0 Å². The van der Waals surface area contributed by atoms with Crippen molar-refractivity contribution < 1.29 is 4.79 Å². The summed E-state index contributed by atoms with van der Waals surface area (Å²) in [6.07, 6.45) is 3.18. The van der Waals surface area contributed by atoms with Crippen LogP contribution in [-0.2, 0) is 0 Å². The van der Waals surface area contributed by atoms with Crippen LogP contribution < -0.4 is 0 Å². The van der Waals surface area contributed by atoms with Gasteiger partial charge < -0.3 is 0 Å². The minimum atomic E-state index is 0.0130. The van der Waals surface area contributed by atoms with Crippen molar-refractivity contribution in [3.8, 4) is 0 Å². The fraction of sp³-hybridized carbons (Fsp3) is 0.300. The summed E-state index contributed by atoms with van der Waals surface area (Å²) < 4.78 is 0. The summed E-state index contributed by atoms with van der Waals surface area (Å²) >= 11 is 0. The Labute approximate surface area is 82.4 Å². The van der Waals surface area contributed by atoms with Crippen molar-refractivity contribution in [3.05, 3.63) is 24.0 Å². The van der Waals surface area contributed by atoms with Crippen molar-refractivity contribution in [2.24, 2.45) is 0 Å². The highest BCUT2D eigenvalue weighted by Gasteiger charge is 2.02. The average molecular weight is 191 g/mol. The second-order valence-corrected chi connectivity index (χ2v) is 2.58. The molecule has 0 aliphatic carbocycles. The highest BCUT2D eigenvalue weighted by atomic mass is 16.1. The predicted octanol–water partition coefficient (Wildman–Crippen LogP) is 2.19. The topological polar surface area (TPSA) is 58.6 Å². The molecule has 0 unspecified atom stereocenters. The zero-order chi connectivity index (χ0) is 10.6. The lowest BCUT2D eigenvalue weighted by atomic mass is 10.2. The summed E-state index contributed by atoms with van der Waals surface area (Å²) in [5.41, 5.74) is 2.18. The molecular formula is C10H13N3O. The molecule has 0 aliphatic rings. The third-order valence-electron chi connectivity index (χ3n) is 1.70. The Morgan fingerprint density at radius 1 is 1.36 bits per heavy atom. The molecule has 2 aromatic rings. The Morgan fingerprint density at radius 3 is 2.71 bits per heavy atom. The Hall–Kier alpha value is -1.71. The quantitative estimate of drug-likeness (QED) is 0.703. The molecule has 0 spiro atoms. The monoisotopic (exact) mass is 191 g/mol. The molecule has 0 aromatic carbocycles. The summed E-state index contributed by atoms with van der Waals surface area (Å²) in [6.45, 7) is 5.51. The summed E-state index contributed by atoms with van der Waals surface area (Å²) in [7, 11) is 0. The van der Waals surface area contributed by atoms with Crippen LogP contribution in [0.3, 0.4) is 0 Å². The zero-order valence-corrected chi connectivity index (χ0v) is 8.53. The number of hydrogen-bond acceptors (Lipinski definition) is 3. The van der Waals surface area contributed by atoms with Crippen molar-refractivity contribution in [1.82, 2.24) is 15.2 Å². The van der Waals surface area contributed by atoms with Gasteiger partial charge in [0, 0.05) is 11.8 Å². The zero-order valence-electron chi connectivity index (χ0n) is 8.53. The number of hydrogen-bond donors (Lipinski definition) is 1. The van der Waals surface area contributed by atoms with Gasteiger partial charge in [0.2, 0.25) is 0 Å². The van der Waals surface area contributed by atoms with Crippen LogP contribution >= 0.6 is 0 Å². The maximum absolute atomic E-state index is 10.9. The van der Waals surface area contributed by atoms with Crippen molar-refractivity contribution in [2.45, 2.75) is 20.8 Å². The number of Topliss-reactive ketones (excluding diaryl/α,β-unsaturated/α-hetero) is 1. The first-order chi connectivity index (χ1) is 6.77. The molecule has 0 fully saturated rings. The van der Waals surface area contributed by atoms with E-state index < -0.39 is 0 Å². The number of carbonyl (C=O) groups excluding carboxylic acids is 1. The van der Waals surface area contributed by atoms with Gasteiger partial charge in [0.1, 0.15) is 5.52 Å². The normalized spacial score (nSPS) is 9.36. The second-order valence-electron chi connectivity index (χ2n) is 2.58. The first kappa shape index (κ1) is 10.4. The number of fused-ring (bicyclic) bond motifs is 1. The summed E-state index contributed by atoms with van der Waals surface area (Å²) in [4.78, 5) is 15.0. The number of ketones is 1. The smallest absolute Gasteiger partial charge is 0.161 e. The number of nitrogens with zero attached hydrogens (tertiary/aromatic N) is 2. The van der Waals surface area contributed by atoms with Gasteiger partial charge in [-0.25, -0.2) is 0 Å². The Bertz CT molecular complexity index is 434. The van der Waals surface area contributed by atoms with Gasteiger partial charge >= 0.3 is 0 Å². The number of pyridine rings is 1. The number of nitrogens with one attached hydrogen (secondary N) is 1. The van der Waals surface area contributed by atoms with Gasteiger partial charge in [-0.1, -0.05) is 13.8 Å². The van der Waals surface area contributed by atoms with Gasteiger partial charge in [0.25, 0.3) is 0 Å². The van der Waals surface area contributed by atoms with Gasteiger partial charge in [-0.2, -0.15) is 5.10 Å². The minimum absolute atomic E-state index is 0.0130. The fourth-order valence-corrected chi connectivity index (χ4v) is 1.02. The average Bonchev–Trinajstić information content (AvgIpc) is 2.67. The minimum Gasteiger partial charge on any atom is -0.294 e. The number of H-pyrrole nitrogens is 1. The summed E-state index contributed by atoms with van der Waals surface area (Å²) in [6, 6.07) is 1.75. The molecule has 0 saturated heterocycles. The maximum Gasteiger partial charge on any atom is 0.161 e. The lowest BCUT2D eigenvalue weighted by Crippen LogP contribution is -1.92. The molecule has 4 nitrogen and oxygen atoms in total. The molecule has 0 aliphatic heterocycles. The van der Waals surface area contributed by atoms with Gasteiger partial charge in [-0.05, 0) is 13.0 Å². The Balaban J connectivity index is 0.000000461. The Kier molecular flexibility index (Phi) is 3.34. The van der Waals surface area contributed by atoms with Crippen LogP contribution in [0.4, 0.5) is 0 Å². The van der Waals surface area contributed by atoms with Crippen LogP contribution in [0.15, 0.2) is 18.5 Å². The van der Waals surface area contributed by atoms with Crippen molar-refractivity contribution in [2.75, 3.05) is 0 Å². The lowest BCUT2D eigenvalue weighted by Gasteiger charge is -1.92. The van der Waals surface area contributed by atoms with Gasteiger partial charge in [-0.15, -0.1) is 0 Å². The van der Waals surface area contributed by atoms with Gasteiger partial charge in [0.05, 0.1) is 11.7 Å². The van der Waals surface area contributed by atoms with E-state index in [-0.39, 0.29) is 5.78 Å². The predicted molar refractivity (Wildman–Crippen MR) is 55.2 cm³/mol. The number of carbonyl (C=O) groups is 1. The first-order valence-electron chi connectivity index (χ1n) is 4.57. The first-order valence-corrected chi connectivity index (χ1v) is 4.57. The molecule has 0 atom stereocenters. The molecule has 14 heavy (non-hydrogen) atoms. The molecule has 74 valence electrons. The highest BCUT2D eigenvalue weighted by molar-refractivity contribution is 5.96. The number of rotatable bonds is 1. The molecule has 4 heteroatoms. The van der Waals surface area contributed by atoms with E-state index in [0.29, 0.717) is 5.56 Å². The van der Waals surface area contributed by atoms with E-state index in [0.717, 1.165) is 11.0 Å². The van der Waals surface area contributed by atoms with Crippen molar-refractivity contribution >= 4 is 16.8 Å². The van der Waals surface area contributed by atoms with E-state index in [1.54, 1.807) is 18.5 Å². The molecular weight excluding hydrogens is 178 g/mol. The van der Waals surface area contributed by atoms with Crippen LogP contribution in [0, 0.1) is 0 Å². The fourth-order valence-electron chi connectivity index (χ4n) is 1.02.